The molecule has 5 aromatic carbocycles. The Morgan fingerprint density at radius 1 is 0.468 bits per heavy atom. The van der Waals surface area contributed by atoms with Gasteiger partial charge in [-0.1, -0.05) is 60.7 Å². The molecule has 6 aromatic heterocycles. The smallest absolute Gasteiger partial charge is 0.146 e. The molecule has 0 amide bonds. The normalized spacial score (nSPS) is 12.3. The third kappa shape index (κ3) is 3.21. The maximum Gasteiger partial charge on any atom is 0.146 e. The zero-order chi connectivity index (χ0) is 30.6. The molecule has 0 radical (unpaired) electrons. The Morgan fingerprint density at radius 2 is 1.17 bits per heavy atom. The molecule has 0 saturated carbocycles. The maximum absolute atomic E-state index is 5.16. The molecule has 0 N–H and O–H groups in total. The van der Waals surface area contributed by atoms with E-state index in [4.69, 9.17) is 9.97 Å². The van der Waals surface area contributed by atoms with Crippen molar-refractivity contribution in [2.24, 2.45) is 0 Å². The third-order valence-electron chi connectivity index (χ3n) is 9.71. The molecule has 0 aliphatic heterocycles. The lowest BCUT2D eigenvalue weighted by molar-refractivity contribution is 1.17. The van der Waals surface area contributed by atoms with Gasteiger partial charge in [0.1, 0.15) is 5.65 Å². The highest BCUT2D eigenvalue weighted by molar-refractivity contribution is 6.29. The highest BCUT2D eigenvalue weighted by Gasteiger charge is 2.23. The van der Waals surface area contributed by atoms with Gasteiger partial charge in [0.25, 0.3) is 0 Å². The molecule has 6 heterocycles. The summed E-state index contributed by atoms with van der Waals surface area (Å²) in [5, 5.41) is 7.01. The van der Waals surface area contributed by atoms with Crippen LogP contribution in [0, 0.1) is 0 Å². The standard InChI is InChI=1S/C41H24N6/c1-3-10-25(11-4-1)45-33-15-8-7-14-27(33)30-22-31-28-17-18-29-38(40(28)46(36(31)23-35(30)45)26-12-5-2-6-13-26)39-34(16-9-20-43-39)47-37-24-42-21-19-32(37)44-41(29)47/h1-24H. The molecule has 0 unspecified atom stereocenters. The van der Waals surface area contributed by atoms with Gasteiger partial charge in [-0.25, -0.2) is 4.98 Å². The van der Waals surface area contributed by atoms with E-state index in [0.29, 0.717) is 0 Å². The first-order chi connectivity index (χ1) is 23.3. The molecule has 6 heteroatoms. The molecule has 0 fully saturated rings. The molecule has 11 aromatic rings. The zero-order valence-electron chi connectivity index (χ0n) is 25.0. The number of para-hydroxylation sites is 3. The number of benzene rings is 5. The van der Waals surface area contributed by atoms with Crippen LogP contribution in [0.25, 0.3) is 93.5 Å². The molecule has 0 spiro atoms. The van der Waals surface area contributed by atoms with Gasteiger partial charge in [0.2, 0.25) is 0 Å². The van der Waals surface area contributed by atoms with Crippen molar-refractivity contribution in [1.29, 1.82) is 0 Å². The quantitative estimate of drug-likeness (QED) is 0.186. The minimum atomic E-state index is 0.905. The van der Waals surface area contributed by atoms with Crippen LogP contribution in [0.5, 0.6) is 0 Å². The van der Waals surface area contributed by atoms with Gasteiger partial charge in [-0.3, -0.25) is 14.4 Å². The second-order valence-electron chi connectivity index (χ2n) is 12.1. The number of hydrogen-bond acceptors (Lipinski definition) is 3. The van der Waals surface area contributed by atoms with Crippen LogP contribution in [0.3, 0.4) is 0 Å². The number of hydrogen-bond donors (Lipinski definition) is 0. The number of imidazole rings is 1. The van der Waals surface area contributed by atoms with E-state index in [-0.39, 0.29) is 0 Å². The fourth-order valence-electron chi connectivity index (χ4n) is 7.81. The molecule has 0 saturated heterocycles. The van der Waals surface area contributed by atoms with Crippen LogP contribution in [0.15, 0.2) is 146 Å². The van der Waals surface area contributed by atoms with E-state index in [0.717, 1.165) is 60.9 Å². The van der Waals surface area contributed by atoms with Crippen LogP contribution < -0.4 is 0 Å². The molecule has 0 bridgehead atoms. The molecular formula is C41H24N6. The molecule has 11 rings (SSSR count). The fourth-order valence-corrected chi connectivity index (χ4v) is 7.81. The lowest BCUT2D eigenvalue weighted by atomic mass is 10.0. The summed E-state index contributed by atoms with van der Waals surface area (Å²) in [6.07, 6.45) is 5.59. The molecule has 6 nitrogen and oxygen atoms in total. The van der Waals surface area contributed by atoms with E-state index in [2.05, 4.69) is 134 Å². The van der Waals surface area contributed by atoms with Gasteiger partial charge in [-0.2, -0.15) is 0 Å². The molecular weight excluding hydrogens is 576 g/mol. The van der Waals surface area contributed by atoms with Crippen molar-refractivity contribution < 1.29 is 0 Å². The summed E-state index contributed by atoms with van der Waals surface area (Å²) in [6.45, 7) is 0. The molecule has 47 heavy (non-hydrogen) atoms. The van der Waals surface area contributed by atoms with Crippen LogP contribution in [0.2, 0.25) is 0 Å². The van der Waals surface area contributed by atoms with Gasteiger partial charge in [0.15, 0.2) is 0 Å². The highest BCUT2D eigenvalue weighted by atomic mass is 15.0. The van der Waals surface area contributed by atoms with Crippen molar-refractivity contribution in [3.63, 3.8) is 0 Å². The van der Waals surface area contributed by atoms with E-state index in [1.165, 1.54) is 32.6 Å². The molecule has 218 valence electrons. The first kappa shape index (κ1) is 24.8. The minimum absolute atomic E-state index is 0.905. The van der Waals surface area contributed by atoms with E-state index in [9.17, 15) is 0 Å². The summed E-state index contributed by atoms with van der Waals surface area (Å²) < 4.78 is 7.02. The SMILES string of the molecule is c1ccc(-n2c3ccccc3c3cc4c5ccc6c(c7ncccc7n7c8cnccc8nc67)c5n(-c5ccccc5)c4cc32)cc1. The Bertz CT molecular complexity index is 3060. The van der Waals surface area contributed by atoms with Crippen LogP contribution in [-0.2, 0) is 0 Å². The Labute approximate surface area is 267 Å². The van der Waals surface area contributed by atoms with E-state index in [1.54, 1.807) is 6.20 Å². The maximum atomic E-state index is 5.16. The fraction of sp³-hybridized carbons (Fsp3) is 0. The number of pyridine rings is 3. The molecule has 0 atom stereocenters. The highest BCUT2D eigenvalue weighted by Crippen LogP contribution is 2.43. The van der Waals surface area contributed by atoms with Crippen molar-refractivity contribution in [3.8, 4) is 11.4 Å². The van der Waals surface area contributed by atoms with Crippen molar-refractivity contribution in [2.45, 2.75) is 0 Å². The number of fused-ring (bicyclic) bond motifs is 15. The Hall–Kier alpha value is -6.53. The minimum Gasteiger partial charge on any atom is -0.309 e. The van der Waals surface area contributed by atoms with Crippen LogP contribution in [0.1, 0.15) is 0 Å². The zero-order valence-corrected chi connectivity index (χ0v) is 25.0. The van der Waals surface area contributed by atoms with Crippen molar-refractivity contribution in [2.75, 3.05) is 0 Å². The number of aromatic nitrogens is 6. The van der Waals surface area contributed by atoms with Crippen molar-refractivity contribution in [3.05, 3.63) is 146 Å². The van der Waals surface area contributed by atoms with E-state index >= 15 is 0 Å². The predicted molar refractivity (Wildman–Crippen MR) is 192 cm³/mol. The number of nitrogens with zero attached hydrogens (tertiary/aromatic N) is 6. The van der Waals surface area contributed by atoms with E-state index in [1.807, 2.05) is 24.5 Å². The summed E-state index contributed by atoms with van der Waals surface area (Å²) in [5.74, 6) is 0. The topological polar surface area (TPSA) is 52.9 Å². The summed E-state index contributed by atoms with van der Waals surface area (Å²) in [7, 11) is 0. The van der Waals surface area contributed by atoms with Gasteiger partial charge >= 0.3 is 0 Å². The average Bonchev–Trinajstić information content (AvgIpc) is 3.79. The third-order valence-corrected chi connectivity index (χ3v) is 9.71. The predicted octanol–water partition coefficient (Wildman–Crippen LogP) is 9.78. The second kappa shape index (κ2) is 9.02. The lowest BCUT2D eigenvalue weighted by Crippen LogP contribution is -1.98. The number of rotatable bonds is 2. The molecule has 0 aliphatic carbocycles. The van der Waals surface area contributed by atoms with Crippen molar-refractivity contribution >= 4 is 82.1 Å². The molecule has 0 aliphatic rings. The van der Waals surface area contributed by atoms with Gasteiger partial charge < -0.3 is 9.13 Å². The summed E-state index contributed by atoms with van der Waals surface area (Å²) in [4.78, 5) is 14.6. The summed E-state index contributed by atoms with van der Waals surface area (Å²) >= 11 is 0. The Balaban J connectivity index is 1.41. The van der Waals surface area contributed by atoms with Gasteiger partial charge in [0.05, 0.1) is 50.3 Å². The van der Waals surface area contributed by atoms with E-state index < -0.39 is 0 Å². The largest absolute Gasteiger partial charge is 0.309 e. The van der Waals surface area contributed by atoms with Crippen molar-refractivity contribution in [1.82, 2.24) is 28.5 Å². The van der Waals surface area contributed by atoms with Gasteiger partial charge in [0, 0.05) is 56.1 Å². The van der Waals surface area contributed by atoms with Crippen LogP contribution >= 0.6 is 0 Å². The summed E-state index contributed by atoms with van der Waals surface area (Å²) in [5.41, 5.74) is 11.6. The monoisotopic (exact) mass is 600 g/mol. The van der Waals surface area contributed by atoms with Crippen LogP contribution in [-0.4, -0.2) is 28.5 Å². The first-order valence-electron chi connectivity index (χ1n) is 15.8. The van der Waals surface area contributed by atoms with Crippen LogP contribution in [0.4, 0.5) is 0 Å². The lowest BCUT2D eigenvalue weighted by Gasteiger charge is -2.13. The van der Waals surface area contributed by atoms with Gasteiger partial charge in [-0.05, 0) is 66.7 Å². The second-order valence-corrected chi connectivity index (χ2v) is 12.1. The van der Waals surface area contributed by atoms with Gasteiger partial charge in [-0.15, -0.1) is 0 Å². The first-order valence-corrected chi connectivity index (χ1v) is 15.8. The Morgan fingerprint density at radius 3 is 2.02 bits per heavy atom. The Kier molecular flexibility index (Phi) is 4.75. The summed E-state index contributed by atoms with van der Waals surface area (Å²) in [6, 6.07) is 45.4. The average molecular weight is 601 g/mol.